The van der Waals surface area contributed by atoms with Gasteiger partial charge in [-0.25, -0.2) is 0 Å². The maximum Gasteiger partial charge on any atom is 0.239 e. The molecule has 0 N–H and O–H groups in total. The molecule has 2 aliphatic heterocycles. The lowest BCUT2D eigenvalue weighted by molar-refractivity contribution is -0.138. The van der Waals surface area contributed by atoms with Crippen LogP contribution in [-0.4, -0.2) is 65.9 Å². The van der Waals surface area contributed by atoms with Gasteiger partial charge in [-0.15, -0.1) is 0 Å². The molecule has 1 aromatic carbocycles. The number of hydrogen-bond donors (Lipinski definition) is 0. The molecule has 3 rings (SSSR count). The molecule has 0 bridgehead atoms. The van der Waals surface area contributed by atoms with E-state index in [-0.39, 0.29) is 6.04 Å². The van der Waals surface area contributed by atoms with E-state index in [0.717, 1.165) is 45.8 Å². The maximum absolute atomic E-state index is 12.7. The van der Waals surface area contributed by atoms with Crippen molar-refractivity contribution in [3.05, 3.63) is 35.4 Å². The fraction of sp³-hybridized carbons (Fsp3) is 0.682. The predicted octanol–water partition coefficient (Wildman–Crippen LogP) is 3.33. The van der Waals surface area contributed by atoms with E-state index in [1.165, 1.54) is 30.4 Å². The van der Waals surface area contributed by atoms with Crippen molar-refractivity contribution >= 4 is 5.91 Å². The van der Waals surface area contributed by atoms with E-state index in [0.29, 0.717) is 11.8 Å². The Kier molecular flexibility index (Phi) is 6.71. The van der Waals surface area contributed by atoms with E-state index in [1.54, 1.807) is 0 Å². The summed E-state index contributed by atoms with van der Waals surface area (Å²) in [7, 11) is 0. The van der Waals surface area contributed by atoms with E-state index < -0.39 is 0 Å². The smallest absolute Gasteiger partial charge is 0.239 e. The number of piperidine rings is 1. The van der Waals surface area contributed by atoms with Gasteiger partial charge in [-0.3, -0.25) is 14.6 Å². The molecule has 1 amide bonds. The summed E-state index contributed by atoms with van der Waals surface area (Å²) < 4.78 is 0. The summed E-state index contributed by atoms with van der Waals surface area (Å²) in [4.78, 5) is 19.7. The molecule has 0 radical (unpaired) electrons. The number of rotatable bonds is 5. The number of likely N-dealkylation sites (tertiary alicyclic amines) is 1. The van der Waals surface area contributed by atoms with Crippen LogP contribution < -0.4 is 0 Å². The van der Waals surface area contributed by atoms with Crippen LogP contribution >= 0.6 is 0 Å². The Morgan fingerprint density at radius 2 is 1.50 bits per heavy atom. The Hall–Kier alpha value is -1.39. The number of piperazine rings is 1. The van der Waals surface area contributed by atoms with Crippen LogP contribution in [0.1, 0.15) is 57.1 Å². The molecule has 2 heterocycles. The van der Waals surface area contributed by atoms with E-state index in [4.69, 9.17) is 0 Å². The van der Waals surface area contributed by atoms with E-state index >= 15 is 0 Å². The molecule has 4 nitrogen and oxygen atoms in total. The monoisotopic (exact) mass is 357 g/mol. The average molecular weight is 358 g/mol. The zero-order chi connectivity index (χ0) is 18.5. The number of carbonyl (C=O) groups excluding carboxylic acids is 1. The minimum absolute atomic E-state index is 0.0283. The molecule has 2 saturated heterocycles. The highest BCUT2D eigenvalue weighted by Gasteiger charge is 2.29. The van der Waals surface area contributed by atoms with Crippen molar-refractivity contribution < 1.29 is 4.79 Å². The Bertz CT molecular complexity index is 570. The third-order valence-corrected chi connectivity index (χ3v) is 6.03. The summed E-state index contributed by atoms with van der Waals surface area (Å²) in [5, 5.41) is 0. The Labute approximate surface area is 159 Å². The molecule has 1 atom stereocenters. The normalized spacial score (nSPS) is 21.2. The van der Waals surface area contributed by atoms with Crippen LogP contribution in [0.2, 0.25) is 0 Å². The van der Waals surface area contributed by atoms with E-state index in [1.807, 2.05) is 0 Å². The van der Waals surface area contributed by atoms with Crippen LogP contribution in [0.15, 0.2) is 24.3 Å². The highest BCUT2D eigenvalue weighted by Crippen LogP contribution is 2.17. The second-order valence-electron chi connectivity index (χ2n) is 8.27. The van der Waals surface area contributed by atoms with Gasteiger partial charge >= 0.3 is 0 Å². The summed E-state index contributed by atoms with van der Waals surface area (Å²) in [6.07, 6.45) is 3.61. The van der Waals surface area contributed by atoms with Crippen molar-refractivity contribution in [2.75, 3.05) is 39.3 Å². The lowest BCUT2D eigenvalue weighted by atomic mass is 10.0. The highest BCUT2D eigenvalue weighted by atomic mass is 16.2. The molecule has 26 heavy (non-hydrogen) atoms. The van der Waals surface area contributed by atoms with Gasteiger partial charge in [-0.2, -0.15) is 0 Å². The molecule has 0 saturated carbocycles. The maximum atomic E-state index is 12.7. The van der Waals surface area contributed by atoms with Crippen molar-refractivity contribution in [2.24, 2.45) is 0 Å². The Morgan fingerprint density at radius 3 is 2.08 bits per heavy atom. The molecule has 1 aromatic rings. The first-order chi connectivity index (χ1) is 12.5. The molecule has 0 aliphatic carbocycles. The lowest BCUT2D eigenvalue weighted by Gasteiger charge is -2.39. The number of amides is 1. The highest BCUT2D eigenvalue weighted by molar-refractivity contribution is 5.81. The molecular formula is C22H35N3O. The van der Waals surface area contributed by atoms with Crippen LogP contribution in [0.3, 0.4) is 0 Å². The molecular weight excluding hydrogens is 322 g/mol. The summed E-state index contributed by atoms with van der Waals surface area (Å²) in [6, 6.07) is 9.08. The third kappa shape index (κ3) is 4.86. The van der Waals surface area contributed by atoms with Crippen LogP contribution in [0.5, 0.6) is 0 Å². The largest absolute Gasteiger partial charge is 0.341 e. The molecule has 144 valence electrons. The van der Waals surface area contributed by atoms with Gasteiger partial charge < -0.3 is 4.90 Å². The quantitative estimate of drug-likeness (QED) is 0.809. The van der Waals surface area contributed by atoms with E-state index in [2.05, 4.69) is 59.7 Å². The molecule has 0 spiro atoms. The summed E-state index contributed by atoms with van der Waals surface area (Å²) in [5.74, 6) is 0.925. The van der Waals surface area contributed by atoms with Crippen molar-refractivity contribution in [1.82, 2.24) is 14.7 Å². The van der Waals surface area contributed by atoms with Crippen LogP contribution in [-0.2, 0) is 11.3 Å². The molecule has 2 fully saturated rings. The first-order valence-electron chi connectivity index (χ1n) is 10.4. The Morgan fingerprint density at radius 1 is 0.885 bits per heavy atom. The fourth-order valence-corrected chi connectivity index (χ4v) is 4.11. The first-order valence-corrected chi connectivity index (χ1v) is 10.4. The summed E-state index contributed by atoms with van der Waals surface area (Å²) >= 11 is 0. The summed E-state index contributed by atoms with van der Waals surface area (Å²) in [5.41, 5.74) is 2.80. The van der Waals surface area contributed by atoms with Crippen LogP contribution in [0.4, 0.5) is 0 Å². The molecule has 2 aliphatic rings. The van der Waals surface area contributed by atoms with Gasteiger partial charge in [0.15, 0.2) is 0 Å². The molecule has 4 heteroatoms. The van der Waals surface area contributed by atoms with Gasteiger partial charge in [0.05, 0.1) is 6.04 Å². The number of nitrogens with zero attached hydrogens (tertiary/aromatic N) is 3. The third-order valence-electron chi connectivity index (χ3n) is 6.03. The van der Waals surface area contributed by atoms with Gasteiger partial charge in [-0.1, -0.05) is 38.1 Å². The zero-order valence-electron chi connectivity index (χ0n) is 16.8. The minimum atomic E-state index is 0.0283. The van der Waals surface area contributed by atoms with Gasteiger partial charge in [0.2, 0.25) is 5.91 Å². The van der Waals surface area contributed by atoms with Gasteiger partial charge in [0, 0.05) is 45.8 Å². The van der Waals surface area contributed by atoms with Gasteiger partial charge in [-0.05, 0) is 43.2 Å². The second kappa shape index (κ2) is 9.01. The van der Waals surface area contributed by atoms with Crippen molar-refractivity contribution in [1.29, 1.82) is 0 Å². The molecule has 0 aromatic heterocycles. The van der Waals surface area contributed by atoms with Gasteiger partial charge in [0.1, 0.15) is 0 Å². The topological polar surface area (TPSA) is 26.8 Å². The van der Waals surface area contributed by atoms with Gasteiger partial charge in [0.25, 0.3) is 0 Å². The van der Waals surface area contributed by atoms with E-state index in [9.17, 15) is 4.79 Å². The predicted molar refractivity (Wildman–Crippen MR) is 107 cm³/mol. The minimum Gasteiger partial charge on any atom is -0.341 e. The van der Waals surface area contributed by atoms with Crippen molar-refractivity contribution in [3.63, 3.8) is 0 Å². The number of benzene rings is 1. The SMILES string of the molecule is CC(C)c1ccc(CN2CCN(C(C)C(=O)N3CCCCC3)CC2)cc1. The fourth-order valence-electron chi connectivity index (χ4n) is 4.11. The molecule has 1 unspecified atom stereocenters. The zero-order valence-corrected chi connectivity index (χ0v) is 16.8. The van der Waals surface area contributed by atoms with Crippen LogP contribution in [0, 0.1) is 0 Å². The second-order valence-corrected chi connectivity index (χ2v) is 8.27. The van der Waals surface area contributed by atoms with Crippen molar-refractivity contribution in [3.8, 4) is 0 Å². The summed E-state index contributed by atoms with van der Waals surface area (Å²) in [6.45, 7) is 13.6. The average Bonchev–Trinajstić information content (AvgIpc) is 2.68. The number of carbonyl (C=O) groups is 1. The lowest BCUT2D eigenvalue weighted by Crippen LogP contribution is -2.54. The Balaban J connectivity index is 1.46. The first kappa shape index (κ1) is 19.4. The standard InChI is InChI=1S/C22H35N3O/c1-18(2)21-9-7-20(8-10-21)17-23-13-15-24(16-14-23)19(3)22(26)25-11-5-4-6-12-25/h7-10,18-19H,4-6,11-17H2,1-3H3. The number of hydrogen-bond acceptors (Lipinski definition) is 3. The van der Waals surface area contributed by atoms with Crippen LogP contribution in [0.25, 0.3) is 0 Å². The van der Waals surface area contributed by atoms with Crippen molar-refractivity contribution in [2.45, 2.75) is 58.5 Å².